The van der Waals surface area contributed by atoms with Crippen LogP contribution in [0.3, 0.4) is 0 Å². The van der Waals surface area contributed by atoms with Crippen molar-refractivity contribution in [2.24, 2.45) is 0 Å². The monoisotopic (exact) mass is 276 g/mol. The second-order valence-electron chi connectivity index (χ2n) is 6.99. The maximum Gasteiger partial charge on any atom is 0.0718 e. The maximum atomic E-state index is 11.4. The molecule has 110 valence electrons. The molecule has 0 spiro atoms. The van der Waals surface area contributed by atoms with Gasteiger partial charge in [0.25, 0.3) is 0 Å². The van der Waals surface area contributed by atoms with E-state index in [0.29, 0.717) is 11.1 Å². The number of carboxylic acid groups (broad SMARTS) is 2. The first-order chi connectivity index (χ1) is 8.87. The Hall–Kier alpha value is -1.84. The Labute approximate surface area is 119 Å². The van der Waals surface area contributed by atoms with E-state index in [-0.39, 0.29) is 11.1 Å². The molecule has 0 bridgehead atoms. The molecule has 4 nitrogen and oxygen atoms in total. The molecule has 0 amide bonds. The van der Waals surface area contributed by atoms with E-state index in [2.05, 4.69) is 0 Å². The molecule has 0 saturated heterocycles. The van der Waals surface area contributed by atoms with E-state index >= 15 is 0 Å². The van der Waals surface area contributed by atoms with Crippen molar-refractivity contribution in [1.29, 1.82) is 0 Å². The van der Waals surface area contributed by atoms with Gasteiger partial charge in [0.2, 0.25) is 0 Å². The SMILES string of the molecule is CC(C)(C)c1c(C(=O)[O-])ccc(C(=O)[O-])c1C(C)(C)C. The number of rotatable bonds is 2. The van der Waals surface area contributed by atoms with E-state index < -0.39 is 22.8 Å². The Balaban J connectivity index is 3.94. The fourth-order valence-corrected chi connectivity index (χ4v) is 2.50. The van der Waals surface area contributed by atoms with Crippen molar-refractivity contribution in [2.75, 3.05) is 0 Å². The first kappa shape index (κ1) is 16.2. The smallest absolute Gasteiger partial charge is 0.0718 e. The number of hydrogen-bond acceptors (Lipinski definition) is 4. The third kappa shape index (κ3) is 3.00. The molecule has 20 heavy (non-hydrogen) atoms. The van der Waals surface area contributed by atoms with Gasteiger partial charge in [0, 0.05) is 11.1 Å². The van der Waals surface area contributed by atoms with Gasteiger partial charge in [0.1, 0.15) is 0 Å². The molecule has 0 heterocycles. The molecule has 0 saturated carbocycles. The van der Waals surface area contributed by atoms with Gasteiger partial charge < -0.3 is 19.8 Å². The fourth-order valence-electron chi connectivity index (χ4n) is 2.50. The normalized spacial score (nSPS) is 12.3. The summed E-state index contributed by atoms with van der Waals surface area (Å²) >= 11 is 0. The summed E-state index contributed by atoms with van der Waals surface area (Å²) in [5.74, 6) is -2.60. The van der Waals surface area contributed by atoms with Crippen LogP contribution in [-0.4, -0.2) is 11.9 Å². The number of hydrogen-bond donors (Lipinski definition) is 0. The summed E-state index contributed by atoms with van der Waals surface area (Å²) in [4.78, 5) is 22.7. The average Bonchev–Trinajstić information content (AvgIpc) is 2.24. The van der Waals surface area contributed by atoms with Gasteiger partial charge in [-0.3, -0.25) is 0 Å². The molecule has 0 aliphatic heterocycles. The summed E-state index contributed by atoms with van der Waals surface area (Å²) in [6.45, 7) is 11.1. The standard InChI is InChI=1S/C16H22O4/c1-15(2,3)11-9(13(17)18)7-8-10(14(19)20)12(11)16(4,5)6/h7-8H,1-6H3,(H,17,18)(H,19,20)/p-2. The predicted molar refractivity (Wildman–Crippen MR) is 72.5 cm³/mol. The molecule has 0 aliphatic carbocycles. The lowest BCUT2D eigenvalue weighted by atomic mass is 9.71. The predicted octanol–water partition coefficient (Wildman–Crippen LogP) is 1.01. The highest BCUT2D eigenvalue weighted by Crippen LogP contribution is 2.38. The summed E-state index contributed by atoms with van der Waals surface area (Å²) in [6, 6.07) is 2.58. The summed E-state index contributed by atoms with van der Waals surface area (Å²) < 4.78 is 0. The van der Waals surface area contributed by atoms with Crippen LogP contribution in [-0.2, 0) is 10.8 Å². The summed E-state index contributed by atoms with van der Waals surface area (Å²) in [6.07, 6.45) is 0. The Kier molecular flexibility index (Phi) is 3.99. The lowest BCUT2D eigenvalue weighted by Gasteiger charge is -2.35. The van der Waals surface area contributed by atoms with Crippen LogP contribution in [0.25, 0.3) is 0 Å². The van der Waals surface area contributed by atoms with Crippen molar-refractivity contribution >= 4 is 11.9 Å². The van der Waals surface area contributed by atoms with E-state index in [1.807, 2.05) is 41.5 Å². The number of carboxylic acids is 2. The zero-order valence-corrected chi connectivity index (χ0v) is 12.8. The second kappa shape index (κ2) is 4.93. The van der Waals surface area contributed by atoms with Gasteiger partial charge >= 0.3 is 0 Å². The van der Waals surface area contributed by atoms with E-state index in [0.717, 1.165) is 0 Å². The minimum atomic E-state index is -1.30. The molecular weight excluding hydrogens is 256 g/mol. The molecule has 0 radical (unpaired) electrons. The van der Waals surface area contributed by atoms with Gasteiger partial charge in [0.15, 0.2) is 0 Å². The van der Waals surface area contributed by atoms with Crippen molar-refractivity contribution in [2.45, 2.75) is 52.4 Å². The van der Waals surface area contributed by atoms with E-state index in [4.69, 9.17) is 0 Å². The number of benzene rings is 1. The molecule has 4 heteroatoms. The van der Waals surface area contributed by atoms with Crippen molar-refractivity contribution in [3.05, 3.63) is 34.4 Å². The quantitative estimate of drug-likeness (QED) is 0.807. The van der Waals surface area contributed by atoms with Crippen LogP contribution < -0.4 is 10.2 Å². The Bertz CT molecular complexity index is 506. The molecule has 0 aromatic heterocycles. The van der Waals surface area contributed by atoms with Crippen molar-refractivity contribution in [3.8, 4) is 0 Å². The lowest BCUT2D eigenvalue weighted by molar-refractivity contribution is -0.256. The number of aromatic carboxylic acids is 2. The van der Waals surface area contributed by atoms with Crippen LogP contribution >= 0.6 is 0 Å². The summed E-state index contributed by atoms with van der Waals surface area (Å²) in [5.41, 5.74) is 0.00528. The van der Waals surface area contributed by atoms with Gasteiger partial charge in [-0.2, -0.15) is 0 Å². The average molecular weight is 276 g/mol. The molecule has 0 unspecified atom stereocenters. The van der Waals surface area contributed by atoms with E-state index in [1.54, 1.807) is 0 Å². The zero-order valence-electron chi connectivity index (χ0n) is 12.8. The highest BCUT2D eigenvalue weighted by molar-refractivity contribution is 5.94. The zero-order chi connectivity index (χ0) is 15.9. The minimum Gasteiger partial charge on any atom is -0.545 e. The van der Waals surface area contributed by atoms with Crippen LogP contribution in [0.2, 0.25) is 0 Å². The van der Waals surface area contributed by atoms with Gasteiger partial charge in [-0.05, 0) is 22.0 Å². The molecule has 0 N–H and O–H groups in total. The first-order valence-electron chi connectivity index (χ1n) is 6.48. The molecule has 1 rings (SSSR count). The number of carbonyl (C=O) groups excluding carboxylic acids is 2. The summed E-state index contributed by atoms with van der Waals surface area (Å²) in [7, 11) is 0. The molecular formula is C16H20O4-2. The number of carbonyl (C=O) groups is 2. The van der Waals surface area contributed by atoms with Crippen molar-refractivity contribution in [3.63, 3.8) is 0 Å². The molecule has 0 aliphatic rings. The topological polar surface area (TPSA) is 80.3 Å². The van der Waals surface area contributed by atoms with Gasteiger partial charge in [-0.25, -0.2) is 0 Å². The van der Waals surface area contributed by atoms with Gasteiger partial charge in [-0.15, -0.1) is 0 Å². The third-order valence-electron chi connectivity index (χ3n) is 3.15. The Morgan fingerprint density at radius 3 is 1.15 bits per heavy atom. The fraction of sp³-hybridized carbons (Fsp3) is 0.500. The van der Waals surface area contributed by atoms with Crippen molar-refractivity contribution < 1.29 is 19.8 Å². The maximum absolute atomic E-state index is 11.4. The highest BCUT2D eigenvalue weighted by atomic mass is 16.4. The van der Waals surface area contributed by atoms with Crippen LogP contribution in [0, 0.1) is 0 Å². The lowest BCUT2D eigenvalue weighted by Crippen LogP contribution is -2.34. The van der Waals surface area contributed by atoms with E-state index in [9.17, 15) is 19.8 Å². The molecule has 0 atom stereocenters. The van der Waals surface area contributed by atoms with E-state index in [1.165, 1.54) is 12.1 Å². The Morgan fingerprint density at radius 2 is 1.00 bits per heavy atom. The largest absolute Gasteiger partial charge is 0.545 e. The Morgan fingerprint density at radius 1 is 0.750 bits per heavy atom. The van der Waals surface area contributed by atoms with Crippen molar-refractivity contribution in [1.82, 2.24) is 0 Å². The van der Waals surface area contributed by atoms with Crippen LogP contribution in [0.1, 0.15) is 73.4 Å². The summed E-state index contributed by atoms with van der Waals surface area (Å²) in [5, 5.41) is 22.7. The highest BCUT2D eigenvalue weighted by Gasteiger charge is 2.30. The molecule has 1 aromatic rings. The minimum absolute atomic E-state index is 0.0347. The van der Waals surface area contributed by atoms with Gasteiger partial charge in [-0.1, -0.05) is 53.7 Å². The molecule has 0 fully saturated rings. The van der Waals surface area contributed by atoms with Crippen LogP contribution in [0.5, 0.6) is 0 Å². The van der Waals surface area contributed by atoms with Crippen LogP contribution in [0.15, 0.2) is 12.1 Å². The van der Waals surface area contributed by atoms with Gasteiger partial charge in [0.05, 0.1) is 11.9 Å². The first-order valence-corrected chi connectivity index (χ1v) is 6.48. The third-order valence-corrected chi connectivity index (χ3v) is 3.15. The second-order valence-corrected chi connectivity index (χ2v) is 6.99. The molecule has 1 aromatic carbocycles. The van der Waals surface area contributed by atoms with Crippen LogP contribution in [0.4, 0.5) is 0 Å².